The van der Waals surface area contributed by atoms with E-state index in [1.54, 1.807) is 14.2 Å². The second-order valence-corrected chi connectivity index (χ2v) is 3.94. The minimum atomic E-state index is 0.225. The van der Waals surface area contributed by atoms with Gasteiger partial charge in [-0.25, -0.2) is 0 Å². The van der Waals surface area contributed by atoms with Crippen LogP contribution in [0.2, 0.25) is 0 Å². The molecule has 1 atom stereocenters. The summed E-state index contributed by atoms with van der Waals surface area (Å²) >= 11 is 0. The molecule has 0 aliphatic rings. The van der Waals surface area contributed by atoms with Crippen LogP contribution in [0.3, 0.4) is 0 Å². The largest absolute Gasteiger partial charge is 0.493 e. The third-order valence-electron chi connectivity index (χ3n) is 2.61. The fraction of sp³-hybridized carbons (Fsp3) is 0.538. The van der Waals surface area contributed by atoms with Crippen molar-refractivity contribution >= 4 is 0 Å². The number of hydrogen-bond donors (Lipinski definition) is 1. The molecule has 0 aliphatic carbocycles. The molecule has 90 valence electrons. The highest BCUT2D eigenvalue weighted by Crippen LogP contribution is 2.28. The Morgan fingerprint density at radius 3 is 2.44 bits per heavy atom. The van der Waals surface area contributed by atoms with Crippen molar-refractivity contribution in [2.24, 2.45) is 5.73 Å². The van der Waals surface area contributed by atoms with Crippen LogP contribution in [0.15, 0.2) is 18.2 Å². The minimum absolute atomic E-state index is 0.225. The molecule has 0 saturated heterocycles. The number of ether oxygens (including phenoxy) is 2. The van der Waals surface area contributed by atoms with E-state index in [0.717, 1.165) is 30.8 Å². The fourth-order valence-corrected chi connectivity index (χ4v) is 1.78. The Kier molecular flexibility index (Phi) is 5.12. The number of rotatable bonds is 6. The maximum absolute atomic E-state index is 6.01. The van der Waals surface area contributed by atoms with E-state index in [9.17, 15) is 0 Å². The summed E-state index contributed by atoms with van der Waals surface area (Å²) in [6.45, 7) is 2.15. The summed E-state index contributed by atoms with van der Waals surface area (Å²) < 4.78 is 10.4. The molecular formula is C13H21NO2. The molecule has 0 fully saturated rings. The molecule has 0 bridgehead atoms. The topological polar surface area (TPSA) is 44.5 Å². The van der Waals surface area contributed by atoms with Gasteiger partial charge in [-0.05, 0) is 30.5 Å². The van der Waals surface area contributed by atoms with E-state index in [-0.39, 0.29) is 6.04 Å². The average Bonchev–Trinajstić information content (AvgIpc) is 2.29. The Bertz CT molecular complexity index is 326. The first-order chi connectivity index (χ1) is 7.71. The van der Waals surface area contributed by atoms with E-state index in [1.807, 2.05) is 18.2 Å². The predicted octanol–water partition coefficient (Wildman–Crippen LogP) is 2.37. The van der Waals surface area contributed by atoms with Crippen LogP contribution in [0.4, 0.5) is 0 Å². The zero-order valence-corrected chi connectivity index (χ0v) is 10.3. The molecule has 2 N–H and O–H groups in total. The quantitative estimate of drug-likeness (QED) is 0.805. The van der Waals surface area contributed by atoms with E-state index in [4.69, 9.17) is 15.2 Å². The van der Waals surface area contributed by atoms with Crippen molar-refractivity contribution in [2.75, 3.05) is 14.2 Å². The Morgan fingerprint density at radius 1 is 1.19 bits per heavy atom. The molecule has 0 aliphatic heterocycles. The van der Waals surface area contributed by atoms with Gasteiger partial charge in [0.2, 0.25) is 0 Å². The third-order valence-corrected chi connectivity index (χ3v) is 2.61. The highest BCUT2D eigenvalue weighted by molar-refractivity contribution is 5.43. The van der Waals surface area contributed by atoms with Gasteiger partial charge in [-0.2, -0.15) is 0 Å². The second-order valence-electron chi connectivity index (χ2n) is 3.94. The smallest absolute Gasteiger partial charge is 0.160 e. The Balaban J connectivity index is 2.74. The second kappa shape index (κ2) is 6.38. The van der Waals surface area contributed by atoms with E-state index in [0.29, 0.717) is 0 Å². The van der Waals surface area contributed by atoms with Gasteiger partial charge in [0, 0.05) is 6.04 Å². The van der Waals surface area contributed by atoms with Crippen LogP contribution in [0.1, 0.15) is 25.3 Å². The Hall–Kier alpha value is -1.22. The summed E-state index contributed by atoms with van der Waals surface area (Å²) in [6.07, 6.45) is 3.05. The van der Waals surface area contributed by atoms with E-state index in [2.05, 4.69) is 6.92 Å². The van der Waals surface area contributed by atoms with Gasteiger partial charge in [0.25, 0.3) is 0 Å². The van der Waals surface area contributed by atoms with Crippen LogP contribution in [0.25, 0.3) is 0 Å². The maximum Gasteiger partial charge on any atom is 0.160 e. The van der Waals surface area contributed by atoms with Gasteiger partial charge < -0.3 is 15.2 Å². The summed E-state index contributed by atoms with van der Waals surface area (Å²) in [6, 6.07) is 6.18. The van der Waals surface area contributed by atoms with Crippen LogP contribution >= 0.6 is 0 Å². The van der Waals surface area contributed by atoms with Crippen LogP contribution in [0, 0.1) is 0 Å². The van der Waals surface area contributed by atoms with E-state index >= 15 is 0 Å². The summed E-state index contributed by atoms with van der Waals surface area (Å²) in [5, 5.41) is 0. The van der Waals surface area contributed by atoms with Crippen molar-refractivity contribution in [3.8, 4) is 11.5 Å². The lowest BCUT2D eigenvalue weighted by Crippen LogP contribution is -2.22. The van der Waals surface area contributed by atoms with Gasteiger partial charge in [-0.1, -0.05) is 19.4 Å². The molecule has 0 amide bonds. The van der Waals surface area contributed by atoms with Crippen LogP contribution in [0.5, 0.6) is 11.5 Å². The average molecular weight is 223 g/mol. The Labute approximate surface area is 97.6 Å². The highest BCUT2D eigenvalue weighted by atomic mass is 16.5. The fourth-order valence-electron chi connectivity index (χ4n) is 1.78. The molecule has 16 heavy (non-hydrogen) atoms. The van der Waals surface area contributed by atoms with Gasteiger partial charge in [-0.15, -0.1) is 0 Å². The van der Waals surface area contributed by atoms with E-state index < -0.39 is 0 Å². The lowest BCUT2D eigenvalue weighted by molar-refractivity contribution is 0.354. The maximum atomic E-state index is 6.01. The number of benzene rings is 1. The van der Waals surface area contributed by atoms with Crippen LogP contribution in [-0.2, 0) is 6.42 Å². The Morgan fingerprint density at radius 2 is 1.88 bits per heavy atom. The van der Waals surface area contributed by atoms with Crippen molar-refractivity contribution in [3.63, 3.8) is 0 Å². The van der Waals surface area contributed by atoms with Gasteiger partial charge in [0.05, 0.1) is 14.2 Å². The monoisotopic (exact) mass is 223 g/mol. The molecule has 0 heterocycles. The molecule has 1 rings (SSSR count). The van der Waals surface area contributed by atoms with Crippen molar-refractivity contribution in [2.45, 2.75) is 32.2 Å². The SMILES string of the molecule is CCC[C@@H](N)Cc1ccc(OC)c(OC)c1. The minimum Gasteiger partial charge on any atom is -0.493 e. The molecule has 1 aromatic rings. The third kappa shape index (κ3) is 3.42. The van der Waals surface area contributed by atoms with Crippen LogP contribution in [-0.4, -0.2) is 20.3 Å². The van der Waals surface area contributed by atoms with Crippen LogP contribution < -0.4 is 15.2 Å². The van der Waals surface area contributed by atoms with Gasteiger partial charge >= 0.3 is 0 Å². The first-order valence-corrected chi connectivity index (χ1v) is 5.67. The summed E-state index contributed by atoms with van der Waals surface area (Å²) in [4.78, 5) is 0. The van der Waals surface area contributed by atoms with Gasteiger partial charge in [0.15, 0.2) is 11.5 Å². The lowest BCUT2D eigenvalue weighted by Gasteiger charge is -2.13. The highest BCUT2D eigenvalue weighted by Gasteiger charge is 2.07. The van der Waals surface area contributed by atoms with Gasteiger partial charge in [-0.3, -0.25) is 0 Å². The summed E-state index contributed by atoms with van der Waals surface area (Å²) in [5.74, 6) is 1.53. The molecule has 0 saturated carbocycles. The molecule has 3 heteroatoms. The molecular weight excluding hydrogens is 202 g/mol. The molecule has 3 nitrogen and oxygen atoms in total. The first kappa shape index (κ1) is 12.8. The normalized spacial score (nSPS) is 12.2. The number of hydrogen-bond acceptors (Lipinski definition) is 3. The molecule has 0 radical (unpaired) electrons. The van der Waals surface area contributed by atoms with Crippen molar-refractivity contribution < 1.29 is 9.47 Å². The molecule has 0 spiro atoms. The molecule has 1 aromatic carbocycles. The molecule has 0 aromatic heterocycles. The number of methoxy groups -OCH3 is 2. The predicted molar refractivity (Wildman–Crippen MR) is 66.1 cm³/mol. The number of nitrogens with two attached hydrogens (primary N) is 1. The molecule has 0 unspecified atom stereocenters. The zero-order chi connectivity index (χ0) is 12.0. The zero-order valence-electron chi connectivity index (χ0n) is 10.3. The van der Waals surface area contributed by atoms with Crippen molar-refractivity contribution in [3.05, 3.63) is 23.8 Å². The first-order valence-electron chi connectivity index (χ1n) is 5.67. The lowest BCUT2D eigenvalue weighted by atomic mass is 10.0. The summed E-state index contributed by atoms with van der Waals surface area (Å²) in [5.41, 5.74) is 7.20. The standard InChI is InChI=1S/C13H21NO2/c1-4-5-11(14)8-10-6-7-12(15-2)13(9-10)16-3/h6-7,9,11H,4-5,8,14H2,1-3H3/t11-/m1/s1. The summed E-state index contributed by atoms with van der Waals surface area (Å²) in [7, 11) is 3.29. The van der Waals surface area contributed by atoms with Crippen molar-refractivity contribution in [1.29, 1.82) is 0 Å². The van der Waals surface area contributed by atoms with Crippen molar-refractivity contribution in [1.82, 2.24) is 0 Å². The van der Waals surface area contributed by atoms with Gasteiger partial charge in [0.1, 0.15) is 0 Å². The van der Waals surface area contributed by atoms with E-state index in [1.165, 1.54) is 5.56 Å².